The number of carbonyl (C=O) groups excluding carboxylic acids is 1. The highest BCUT2D eigenvalue weighted by molar-refractivity contribution is 5.85. The molecule has 1 aliphatic carbocycles. The summed E-state index contributed by atoms with van der Waals surface area (Å²) >= 11 is 0. The third-order valence-electron chi connectivity index (χ3n) is 1.62. The fourth-order valence-corrected chi connectivity index (χ4v) is 1.16. The van der Waals surface area contributed by atoms with Crippen molar-refractivity contribution in [3.05, 3.63) is 0 Å². The van der Waals surface area contributed by atoms with Crippen molar-refractivity contribution in [2.75, 3.05) is 0 Å². The second-order valence-corrected chi connectivity index (χ2v) is 4.21. The summed E-state index contributed by atoms with van der Waals surface area (Å²) in [5.74, 6) is 0. The van der Waals surface area contributed by atoms with E-state index in [9.17, 15) is 4.79 Å². The summed E-state index contributed by atoms with van der Waals surface area (Å²) in [6.45, 7) is 6.23. The van der Waals surface area contributed by atoms with Crippen LogP contribution < -0.4 is 11.1 Å². The van der Waals surface area contributed by atoms with Crippen LogP contribution in [0.5, 0.6) is 0 Å². The number of ether oxygens (including phenoxy) is 1. The Kier molecular flexibility index (Phi) is 4.00. The number of primary amides is 1. The van der Waals surface area contributed by atoms with Crippen molar-refractivity contribution < 1.29 is 9.53 Å². The van der Waals surface area contributed by atoms with Gasteiger partial charge < -0.3 is 15.8 Å². The third-order valence-corrected chi connectivity index (χ3v) is 1.62. The van der Waals surface area contributed by atoms with Crippen molar-refractivity contribution in [1.29, 1.82) is 0 Å². The first-order chi connectivity index (χ1) is 5.38. The molecule has 0 aromatic carbocycles. The number of rotatable bonds is 2. The normalized spacial score (nSPS) is 26.1. The van der Waals surface area contributed by atoms with E-state index in [1.807, 2.05) is 0 Å². The SMILES string of the molecule is CC(C)(C)N[C@@H]1C[C@H]1OC(N)=O.Cl. The van der Waals surface area contributed by atoms with E-state index in [1.54, 1.807) is 0 Å². The second kappa shape index (κ2) is 4.15. The van der Waals surface area contributed by atoms with Crippen LogP contribution in [0.15, 0.2) is 0 Å². The van der Waals surface area contributed by atoms with Crippen LogP contribution in [-0.4, -0.2) is 23.8 Å². The molecular weight excluding hydrogens is 192 g/mol. The Morgan fingerprint density at radius 2 is 2.08 bits per heavy atom. The molecule has 5 heteroatoms. The molecule has 0 aliphatic heterocycles. The van der Waals surface area contributed by atoms with Crippen LogP contribution in [0.4, 0.5) is 4.79 Å². The number of nitrogens with one attached hydrogen (secondary N) is 1. The first-order valence-electron chi connectivity index (χ1n) is 4.12. The van der Waals surface area contributed by atoms with Crippen LogP contribution in [0.2, 0.25) is 0 Å². The molecule has 0 bridgehead atoms. The first-order valence-corrected chi connectivity index (χ1v) is 4.12. The minimum atomic E-state index is -0.682. The average Bonchev–Trinajstić information content (AvgIpc) is 2.40. The predicted octanol–water partition coefficient (Wildman–Crippen LogP) is 1.03. The summed E-state index contributed by atoms with van der Waals surface area (Å²) in [6, 6.07) is 0.289. The van der Waals surface area contributed by atoms with Crippen molar-refractivity contribution in [2.24, 2.45) is 5.73 Å². The van der Waals surface area contributed by atoms with Crippen molar-refractivity contribution in [3.8, 4) is 0 Å². The van der Waals surface area contributed by atoms with Gasteiger partial charge in [-0.15, -0.1) is 12.4 Å². The molecule has 3 N–H and O–H groups in total. The molecule has 0 aromatic heterocycles. The molecule has 1 saturated carbocycles. The molecule has 4 nitrogen and oxygen atoms in total. The van der Waals surface area contributed by atoms with E-state index < -0.39 is 6.09 Å². The van der Waals surface area contributed by atoms with Crippen LogP contribution in [0.25, 0.3) is 0 Å². The standard InChI is InChI=1S/C8H16N2O2.ClH/c1-8(2,3)10-5-4-6(5)12-7(9)11;/h5-6,10H,4H2,1-3H3,(H2,9,11);1H/t5-,6-;/m1./s1. The molecule has 0 aromatic rings. The highest BCUT2D eigenvalue weighted by Gasteiger charge is 2.42. The van der Waals surface area contributed by atoms with Gasteiger partial charge in [0.25, 0.3) is 0 Å². The Hall–Kier alpha value is -0.480. The summed E-state index contributed by atoms with van der Waals surface area (Å²) in [5.41, 5.74) is 4.94. The smallest absolute Gasteiger partial charge is 0.404 e. The fraction of sp³-hybridized carbons (Fsp3) is 0.875. The van der Waals surface area contributed by atoms with Gasteiger partial charge in [-0.2, -0.15) is 0 Å². The van der Waals surface area contributed by atoms with E-state index in [1.165, 1.54) is 0 Å². The summed E-state index contributed by atoms with van der Waals surface area (Å²) < 4.78 is 4.80. The minimum absolute atomic E-state index is 0. The molecule has 1 rings (SSSR count). The number of carbonyl (C=O) groups is 1. The van der Waals surface area contributed by atoms with E-state index >= 15 is 0 Å². The quantitative estimate of drug-likeness (QED) is 0.713. The lowest BCUT2D eigenvalue weighted by Crippen LogP contribution is -2.39. The van der Waals surface area contributed by atoms with E-state index in [4.69, 9.17) is 10.5 Å². The Bertz CT molecular complexity index is 191. The second-order valence-electron chi connectivity index (χ2n) is 4.21. The molecule has 13 heavy (non-hydrogen) atoms. The van der Waals surface area contributed by atoms with Crippen LogP contribution in [0, 0.1) is 0 Å². The number of amides is 1. The Morgan fingerprint density at radius 1 is 1.54 bits per heavy atom. The van der Waals surface area contributed by atoms with Gasteiger partial charge in [-0.05, 0) is 20.8 Å². The molecule has 1 amide bonds. The monoisotopic (exact) mass is 208 g/mol. The zero-order chi connectivity index (χ0) is 9.35. The Morgan fingerprint density at radius 3 is 2.46 bits per heavy atom. The van der Waals surface area contributed by atoms with Crippen molar-refractivity contribution in [1.82, 2.24) is 5.32 Å². The number of halogens is 1. The van der Waals surface area contributed by atoms with Crippen molar-refractivity contribution in [3.63, 3.8) is 0 Å². The Balaban J connectivity index is 0.00000144. The van der Waals surface area contributed by atoms with Gasteiger partial charge in [0.15, 0.2) is 0 Å². The third kappa shape index (κ3) is 4.95. The van der Waals surface area contributed by atoms with Crippen molar-refractivity contribution in [2.45, 2.75) is 44.9 Å². The molecule has 0 spiro atoms. The summed E-state index contributed by atoms with van der Waals surface area (Å²) in [5, 5.41) is 3.32. The number of hydrogen-bond acceptors (Lipinski definition) is 3. The van der Waals surface area contributed by atoms with E-state index in [0.29, 0.717) is 0 Å². The molecule has 78 valence electrons. The topological polar surface area (TPSA) is 64.3 Å². The number of nitrogens with two attached hydrogens (primary N) is 1. The molecule has 1 aliphatic rings. The molecule has 2 atom stereocenters. The maximum absolute atomic E-state index is 10.3. The van der Waals surface area contributed by atoms with Gasteiger partial charge in [0.2, 0.25) is 0 Å². The van der Waals surface area contributed by atoms with Crippen LogP contribution in [0.1, 0.15) is 27.2 Å². The molecule has 0 saturated heterocycles. The van der Waals surface area contributed by atoms with Crippen LogP contribution in [-0.2, 0) is 4.74 Å². The lowest BCUT2D eigenvalue weighted by atomic mass is 10.1. The minimum Gasteiger partial charge on any atom is -0.445 e. The summed E-state index contributed by atoms with van der Waals surface area (Å²) in [4.78, 5) is 10.3. The first kappa shape index (κ1) is 12.5. The predicted molar refractivity (Wildman–Crippen MR) is 53.0 cm³/mol. The molecule has 0 unspecified atom stereocenters. The highest BCUT2D eigenvalue weighted by atomic mass is 35.5. The van der Waals surface area contributed by atoms with Gasteiger partial charge in [-0.25, -0.2) is 4.79 Å². The highest BCUT2D eigenvalue weighted by Crippen LogP contribution is 2.27. The lowest BCUT2D eigenvalue weighted by Gasteiger charge is -2.20. The Labute approximate surface area is 84.6 Å². The van der Waals surface area contributed by atoms with Crippen LogP contribution >= 0.6 is 12.4 Å². The molecule has 0 heterocycles. The number of hydrogen-bond donors (Lipinski definition) is 2. The van der Waals surface area contributed by atoms with E-state index in [-0.39, 0.29) is 30.1 Å². The largest absolute Gasteiger partial charge is 0.445 e. The zero-order valence-corrected chi connectivity index (χ0v) is 8.98. The molecular formula is C8H17ClN2O2. The van der Waals surface area contributed by atoms with Gasteiger partial charge in [-0.1, -0.05) is 0 Å². The molecule has 1 fully saturated rings. The summed E-state index contributed by atoms with van der Waals surface area (Å²) in [7, 11) is 0. The fourth-order valence-electron chi connectivity index (χ4n) is 1.16. The maximum Gasteiger partial charge on any atom is 0.404 e. The van der Waals surface area contributed by atoms with Gasteiger partial charge in [-0.3, -0.25) is 0 Å². The van der Waals surface area contributed by atoms with Gasteiger partial charge in [0.05, 0.1) is 0 Å². The van der Waals surface area contributed by atoms with Gasteiger partial charge in [0, 0.05) is 18.0 Å². The average molecular weight is 209 g/mol. The van der Waals surface area contributed by atoms with Gasteiger partial charge >= 0.3 is 6.09 Å². The lowest BCUT2D eigenvalue weighted by molar-refractivity contribution is 0.143. The van der Waals surface area contributed by atoms with E-state index in [0.717, 1.165) is 6.42 Å². The maximum atomic E-state index is 10.3. The van der Waals surface area contributed by atoms with Crippen molar-refractivity contribution >= 4 is 18.5 Å². The molecule has 0 radical (unpaired) electrons. The zero-order valence-electron chi connectivity index (χ0n) is 8.16. The van der Waals surface area contributed by atoms with Crippen LogP contribution in [0.3, 0.4) is 0 Å². The van der Waals surface area contributed by atoms with E-state index in [2.05, 4.69) is 26.1 Å². The van der Waals surface area contributed by atoms with Gasteiger partial charge in [0.1, 0.15) is 6.10 Å². The summed E-state index contributed by atoms with van der Waals surface area (Å²) in [6.07, 6.45) is 0.181.